The quantitative estimate of drug-likeness (QED) is 0.837. The van der Waals surface area contributed by atoms with Crippen molar-refractivity contribution in [3.8, 4) is 0 Å². The molecule has 3 N–H and O–H groups in total. The molecule has 0 aliphatic heterocycles. The van der Waals surface area contributed by atoms with Crippen LogP contribution in [-0.2, 0) is 6.42 Å². The number of nitrogens with two attached hydrogens (primary N) is 1. The van der Waals surface area contributed by atoms with Crippen LogP contribution >= 0.6 is 12.2 Å². The van der Waals surface area contributed by atoms with Crippen LogP contribution in [-0.4, -0.2) is 16.5 Å². The summed E-state index contributed by atoms with van der Waals surface area (Å²) in [5.41, 5.74) is 10.4. The van der Waals surface area contributed by atoms with Gasteiger partial charge in [-0.2, -0.15) is 0 Å². The lowest BCUT2D eigenvalue weighted by Crippen LogP contribution is -2.25. The van der Waals surface area contributed by atoms with E-state index in [1.807, 2.05) is 6.07 Å². The van der Waals surface area contributed by atoms with Crippen molar-refractivity contribution in [2.45, 2.75) is 12.3 Å². The van der Waals surface area contributed by atoms with Crippen molar-refractivity contribution >= 4 is 22.9 Å². The van der Waals surface area contributed by atoms with Gasteiger partial charge in [0, 0.05) is 24.2 Å². The lowest BCUT2D eigenvalue weighted by Gasteiger charge is -2.30. The smallest absolute Gasteiger partial charge is 0.106 e. The van der Waals surface area contributed by atoms with E-state index < -0.39 is 0 Å². The molecule has 1 atom stereocenters. The highest BCUT2D eigenvalue weighted by atomic mass is 32.1. The van der Waals surface area contributed by atoms with Crippen molar-refractivity contribution in [2.75, 3.05) is 11.9 Å². The van der Waals surface area contributed by atoms with Crippen LogP contribution < -0.4 is 11.1 Å². The van der Waals surface area contributed by atoms with Gasteiger partial charge in [0.15, 0.2) is 0 Å². The number of nitrogens with one attached hydrogen (secondary N) is 1. The molecule has 3 nitrogen and oxygen atoms in total. The Morgan fingerprint density at radius 1 is 1.37 bits per heavy atom. The molecule has 96 valence electrons. The monoisotopic (exact) mass is 269 g/mol. The lowest BCUT2D eigenvalue weighted by molar-refractivity contribution is 0.635. The van der Waals surface area contributed by atoms with Gasteiger partial charge >= 0.3 is 0 Å². The highest BCUT2D eigenvalue weighted by Gasteiger charge is 2.25. The van der Waals surface area contributed by atoms with E-state index in [9.17, 15) is 0 Å². The fourth-order valence-corrected chi connectivity index (χ4v) is 2.71. The molecule has 0 saturated heterocycles. The number of thiocarbonyl (C=S) groups is 1. The van der Waals surface area contributed by atoms with Gasteiger partial charge in [-0.1, -0.05) is 36.5 Å². The predicted octanol–water partition coefficient (Wildman–Crippen LogP) is 2.47. The SMILES string of the molecule is NC(=S)c1ccncc1NCC1Cc2ccccc21. The van der Waals surface area contributed by atoms with Gasteiger partial charge in [-0.25, -0.2) is 0 Å². The molecule has 1 unspecified atom stereocenters. The lowest BCUT2D eigenvalue weighted by atomic mass is 9.77. The third-order valence-corrected chi connectivity index (χ3v) is 3.81. The molecule has 2 aromatic rings. The van der Waals surface area contributed by atoms with Gasteiger partial charge in [0.25, 0.3) is 0 Å². The first-order chi connectivity index (χ1) is 9.25. The second-order valence-electron chi connectivity index (χ2n) is 4.77. The first kappa shape index (κ1) is 12.1. The van der Waals surface area contributed by atoms with E-state index >= 15 is 0 Å². The molecular formula is C15H15N3S. The molecule has 0 bridgehead atoms. The average molecular weight is 269 g/mol. The van der Waals surface area contributed by atoms with Gasteiger partial charge in [0.1, 0.15) is 4.99 Å². The van der Waals surface area contributed by atoms with Gasteiger partial charge in [0.05, 0.1) is 11.9 Å². The van der Waals surface area contributed by atoms with Gasteiger partial charge in [-0.3, -0.25) is 4.98 Å². The first-order valence-corrected chi connectivity index (χ1v) is 6.72. The molecule has 0 amide bonds. The van der Waals surface area contributed by atoms with Crippen LogP contribution in [0.15, 0.2) is 42.7 Å². The minimum atomic E-state index is 0.402. The molecule has 0 radical (unpaired) electrons. The maximum absolute atomic E-state index is 5.71. The van der Waals surface area contributed by atoms with E-state index in [-0.39, 0.29) is 0 Å². The number of benzene rings is 1. The average Bonchev–Trinajstić information content (AvgIpc) is 2.40. The molecule has 0 spiro atoms. The summed E-state index contributed by atoms with van der Waals surface area (Å²) in [6.07, 6.45) is 4.61. The number of aromatic nitrogens is 1. The Bertz CT molecular complexity index is 624. The highest BCUT2D eigenvalue weighted by molar-refractivity contribution is 7.80. The summed E-state index contributed by atoms with van der Waals surface area (Å²) < 4.78 is 0. The van der Waals surface area contributed by atoms with Crippen LogP contribution in [0.3, 0.4) is 0 Å². The van der Waals surface area contributed by atoms with E-state index in [1.54, 1.807) is 12.4 Å². The summed E-state index contributed by atoms with van der Waals surface area (Å²) in [5, 5.41) is 3.41. The molecule has 0 saturated carbocycles. The van der Waals surface area contributed by atoms with E-state index in [0.29, 0.717) is 10.9 Å². The molecule has 19 heavy (non-hydrogen) atoms. The number of rotatable bonds is 4. The van der Waals surface area contributed by atoms with Gasteiger partial charge < -0.3 is 11.1 Å². The zero-order valence-electron chi connectivity index (χ0n) is 10.5. The Morgan fingerprint density at radius 2 is 2.21 bits per heavy atom. The molecule has 1 aromatic heterocycles. The summed E-state index contributed by atoms with van der Waals surface area (Å²) in [6.45, 7) is 0.887. The van der Waals surface area contributed by atoms with Crippen LogP contribution in [0.5, 0.6) is 0 Å². The van der Waals surface area contributed by atoms with Crippen molar-refractivity contribution in [3.05, 3.63) is 59.4 Å². The molecular weight excluding hydrogens is 254 g/mol. The summed E-state index contributed by atoms with van der Waals surface area (Å²) in [5.74, 6) is 0.565. The second kappa shape index (κ2) is 4.97. The third kappa shape index (κ3) is 2.31. The van der Waals surface area contributed by atoms with Crippen molar-refractivity contribution < 1.29 is 0 Å². The minimum Gasteiger partial charge on any atom is -0.389 e. The Kier molecular flexibility index (Phi) is 3.17. The summed E-state index contributed by atoms with van der Waals surface area (Å²) >= 11 is 5.04. The summed E-state index contributed by atoms with van der Waals surface area (Å²) in [4.78, 5) is 4.52. The standard InChI is InChI=1S/C15H15N3S/c16-15(19)13-5-6-17-9-14(13)18-8-11-7-10-3-1-2-4-12(10)11/h1-6,9,11,18H,7-8H2,(H2,16,19). The normalized spacial score (nSPS) is 16.3. The Labute approximate surface area is 117 Å². The van der Waals surface area contributed by atoms with Crippen LogP contribution in [0.4, 0.5) is 5.69 Å². The zero-order valence-corrected chi connectivity index (χ0v) is 11.3. The Morgan fingerprint density at radius 3 is 3.00 bits per heavy atom. The summed E-state index contributed by atoms with van der Waals surface area (Å²) in [7, 11) is 0. The van der Waals surface area contributed by atoms with E-state index in [1.165, 1.54) is 11.1 Å². The van der Waals surface area contributed by atoms with Crippen LogP contribution in [0.25, 0.3) is 0 Å². The molecule has 1 aliphatic carbocycles. The number of nitrogens with zero attached hydrogens (tertiary/aromatic N) is 1. The fourth-order valence-electron chi connectivity index (χ4n) is 2.53. The van der Waals surface area contributed by atoms with Crippen LogP contribution in [0, 0.1) is 0 Å². The van der Waals surface area contributed by atoms with Gasteiger partial charge in [0.2, 0.25) is 0 Å². The number of anilines is 1. The Hall–Kier alpha value is -1.94. The number of hydrogen-bond acceptors (Lipinski definition) is 3. The molecule has 1 aliphatic rings. The highest BCUT2D eigenvalue weighted by Crippen LogP contribution is 2.34. The number of hydrogen-bond donors (Lipinski definition) is 2. The molecule has 0 fully saturated rings. The Balaban J connectivity index is 1.70. The molecule has 4 heteroatoms. The van der Waals surface area contributed by atoms with Crippen LogP contribution in [0.2, 0.25) is 0 Å². The van der Waals surface area contributed by atoms with E-state index in [2.05, 4.69) is 34.6 Å². The number of fused-ring (bicyclic) bond motifs is 1. The predicted molar refractivity (Wildman–Crippen MR) is 81.5 cm³/mol. The van der Waals surface area contributed by atoms with Gasteiger partial charge in [-0.15, -0.1) is 0 Å². The van der Waals surface area contributed by atoms with Crippen molar-refractivity contribution in [1.82, 2.24) is 4.98 Å². The second-order valence-corrected chi connectivity index (χ2v) is 5.21. The molecule has 1 heterocycles. The van der Waals surface area contributed by atoms with Gasteiger partial charge in [-0.05, 0) is 23.6 Å². The largest absolute Gasteiger partial charge is 0.389 e. The molecule has 1 aromatic carbocycles. The zero-order chi connectivity index (χ0) is 13.2. The van der Waals surface area contributed by atoms with Crippen LogP contribution in [0.1, 0.15) is 22.6 Å². The topological polar surface area (TPSA) is 50.9 Å². The molecule has 3 rings (SSSR count). The minimum absolute atomic E-state index is 0.402. The maximum atomic E-state index is 5.71. The third-order valence-electron chi connectivity index (χ3n) is 3.59. The van der Waals surface area contributed by atoms with Crippen molar-refractivity contribution in [2.24, 2.45) is 5.73 Å². The van der Waals surface area contributed by atoms with E-state index in [0.717, 1.165) is 24.2 Å². The first-order valence-electron chi connectivity index (χ1n) is 6.31. The number of pyridine rings is 1. The maximum Gasteiger partial charge on any atom is 0.106 e. The van der Waals surface area contributed by atoms with Crippen molar-refractivity contribution in [3.63, 3.8) is 0 Å². The van der Waals surface area contributed by atoms with E-state index in [4.69, 9.17) is 18.0 Å². The van der Waals surface area contributed by atoms with Crippen molar-refractivity contribution in [1.29, 1.82) is 0 Å². The fraction of sp³-hybridized carbons (Fsp3) is 0.200. The summed E-state index contributed by atoms with van der Waals surface area (Å²) in [6, 6.07) is 10.4.